The lowest BCUT2D eigenvalue weighted by Crippen LogP contribution is -2.14. The van der Waals surface area contributed by atoms with Crippen molar-refractivity contribution in [2.45, 2.75) is 13.5 Å². The maximum Gasteiger partial charge on any atom is 0.275 e. The first-order valence-corrected chi connectivity index (χ1v) is 6.66. The van der Waals surface area contributed by atoms with E-state index in [4.69, 9.17) is 10.5 Å². The number of aromatic nitrogens is 2. The van der Waals surface area contributed by atoms with Gasteiger partial charge in [0.25, 0.3) is 5.91 Å². The summed E-state index contributed by atoms with van der Waals surface area (Å²) in [5.74, 6) is 0.0949. The van der Waals surface area contributed by atoms with Gasteiger partial charge in [-0.15, -0.1) is 11.3 Å². The highest BCUT2D eigenvalue weighted by atomic mass is 32.1. The molecule has 0 aliphatic rings. The molecule has 0 aliphatic heterocycles. The van der Waals surface area contributed by atoms with Crippen LogP contribution in [0, 0.1) is 0 Å². The summed E-state index contributed by atoms with van der Waals surface area (Å²) < 4.78 is 5.34. The molecule has 6 nitrogen and oxygen atoms in total. The van der Waals surface area contributed by atoms with E-state index in [-0.39, 0.29) is 5.91 Å². The molecule has 0 aliphatic carbocycles. The third kappa shape index (κ3) is 3.27. The van der Waals surface area contributed by atoms with Crippen LogP contribution >= 0.6 is 11.3 Å². The topological polar surface area (TPSA) is 90.1 Å². The summed E-state index contributed by atoms with van der Waals surface area (Å²) in [7, 11) is 0. The molecule has 0 atom stereocenters. The molecule has 0 spiro atoms. The molecule has 0 radical (unpaired) electrons. The Hall–Kier alpha value is -1.99. The molecule has 100 valence electrons. The van der Waals surface area contributed by atoms with E-state index in [1.807, 2.05) is 6.92 Å². The van der Waals surface area contributed by atoms with Crippen molar-refractivity contribution in [1.29, 1.82) is 0 Å². The number of hydrogen-bond acceptors (Lipinski definition) is 6. The van der Waals surface area contributed by atoms with Gasteiger partial charge in [0.2, 0.25) is 5.88 Å². The lowest BCUT2D eigenvalue weighted by molar-refractivity contribution is 0.102. The van der Waals surface area contributed by atoms with Gasteiger partial charge in [0.15, 0.2) is 0 Å². The van der Waals surface area contributed by atoms with Gasteiger partial charge in [0.1, 0.15) is 16.4 Å². The Balaban J connectivity index is 2.14. The van der Waals surface area contributed by atoms with Crippen molar-refractivity contribution in [3.8, 4) is 5.88 Å². The molecule has 1 amide bonds. The zero-order chi connectivity index (χ0) is 13.7. The molecule has 0 fully saturated rings. The summed E-state index contributed by atoms with van der Waals surface area (Å²) in [4.78, 5) is 20.2. The van der Waals surface area contributed by atoms with E-state index in [0.717, 1.165) is 5.01 Å². The van der Waals surface area contributed by atoms with Gasteiger partial charge >= 0.3 is 0 Å². The van der Waals surface area contributed by atoms with Crippen LogP contribution in [0.3, 0.4) is 0 Å². The van der Waals surface area contributed by atoms with E-state index < -0.39 is 0 Å². The van der Waals surface area contributed by atoms with Crippen LogP contribution in [0.4, 0.5) is 5.69 Å². The number of nitrogens with one attached hydrogen (secondary N) is 1. The lowest BCUT2D eigenvalue weighted by Gasteiger charge is -2.08. The molecule has 2 aromatic heterocycles. The minimum atomic E-state index is -0.301. The van der Waals surface area contributed by atoms with Crippen molar-refractivity contribution >= 4 is 22.9 Å². The summed E-state index contributed by atoms with van der Waals surface area (Å²) >= 11 is 1.36. The van der Waals surface area contributed by atoms with Gasteiger partial charge in [0.05, 0.1) is 6.61 Å². The summed E-state index contributed by atoms with van der Waals surface area (Å²) in [5.41, 5.74) is 6.33. The van der Waals surface area contributed by atoms with Gasteiger partial charge in [-0.3, -0.25) is 4.79 Å². The second-order valence-electron chi connectivity index (χ2n) is 3.57. The average Bonchev–Trinajstić information content (AvgIpc) is 2.90. The molecule has 0 unspecified atom stereocenters. The Kier molecular flexibility index (Phi) is 4.43. The minimum absolute atomic E-state index is 0.301. The number of nitrogens with two attached hydrogens (primary N) is 1. The number of carbonyl (C=O) groups is 1. The van der Waals surface area contributed by atoms with Crippen LogP contribution in [-0.4, -0.2) is 22.5 Å². The van der Waals surface area contributed by atoms with Crippen LogP contribution in [0.2, 0.25) is 0 Å². The summed E-state index contributed by atoms with van der Waals surface area (Å²) in [5, 5.41) is 5.12. The Morgan fingerprint density at radius 1 is 1.58 bits per heavy atom. The highest BCUT2D eigenvalue weighted by molar-refractivity contribution is 7.09. The fraction of sp³-hybridized carbons (Fsp3) is 0.250. The average molecular weight is 278 g/mol. The van der Waals surface area contributed by atoms with E-state index in [2.05, 4.69) is 15.3 Å². The summed E-state index contributed by atoms with van der Waals surface area (Å²) in [6, 6.07) is 3.45. The van der Waals surface area contributed by atoms with Crippen LogP contribution in [-0.2, 0) is 6.54 Å². The summed E-state index contributed by atoms with van der Waals surface area (Å²) in [6.45, 7) is 2.66. The van der Waals surface area contributed by atoms with Crippen molar-refractivity contribution in [2.24, 2.45) is 5.73 Å². The largest absolute Gasteiger partial charge is 0.476 e. The van der Waals surface area contributed by atoms with Crippen LogP contribution < -0.4 is 15.8 Å². The number of pyridine rings is 1. The fourth-order valence-electron chi connectivity index (χ4n) is 1.43. The van der Waals surface area contributed by atoms with Gasteiger partial charge in [-0.1, -0.05) is 0 Å². The first-order chi connectivity index (χ1) is 9.24. The van der Waals surface area contributed by atoms with Gasteiger partial charge in [-0.25, -0.2) is 9.97 Å². The molecular weight excluding hydrogens is 264 g/mol. The molecule has 2 heterocycles. The molecule has 0 saturated carbocycles. The molecule has 0 saturated heterocycles. The molecule has 19 heavy (non-hydrogen) atoms. The third-order valence-corrected chi connectivity index (χ3v) is 3.13. The molecule has 0 bridgehead atoms. The maximum atomic E-state index is 12.0. The second kappa shape index (κ2) is 6.26. The van der Waals surface area contributed by atoms with Crippen LogP contribution in [0.25, 0.3) is 0 Å². The van der Waals surface area contributed by atoms with Gasteiger partial charge in [-0.2, -0.15) is 0 Å². The fourth-order valence-corrected chi connectivity index (χ4v) is 2.09. The van der Waals surface area contributed by atoms with Crippen molar-refractivity contribution in [1.82, 2.24) is 9.97 Å². The number of amides is 1. The number of ether oxygens (including phenoxy) is 1. The molecule has 7 heteroatoms. The highest BCUT2D eigenvalue weighted by Gasteiger charge is 2.13. The predicted molar refractivity (Wildman–Crippen MR) is 73.4 cm³/mol. The highest BCUT2D eigenvalue weighted by Crippen LogP contribution is 2.21. The maximum absolute atomic E-state index is 12.0. The Bertz CT molecular complexity index is 570. The standard InChI is InChI=1S/C12H14N4O2S/c1-2-18-12-8(4-3-5-14-12)16-11(17)9-7-19-10(6-13)15-9/h3-5,7H,2,6,13H2,1H3,(H,16,17). The molecular formula is C12H14N4O2S. The number of anilines is 1. The van der Waals surface area contributed by atoms with Gasteiger partial charge in [-0.05, 0) is 19.1 Å². The zero-order valence-corrected chi connectivity index (χ0v) is 11.2. The molecule has 0 aromatic carbocycles. The zero-order valence-electron chi connectivity index (χ0n) is 10.4. The van der Waals surface area contributed by atoms with E-state index >= 15 is 0 Å². The van der Waals surface area contributed by atoms with E-state index in [1.165, 1.54) is 11.3 Å². The molecule has 2 aromatic rings. The number of nitrogens with zero attached hydrogens (tertiary/aromatic N) is 2. The predicted octanol–water partition coefficient (Wildman–Crippen LogP) is 1.65. The van der Waals surface area contributed by atoms with Crippen molar-refractivity contribution in [3.05, 3.63) is 34.4 Å². The van der Waals surface area contributed by atoms with E-state index in [0.29, 0.717) is 30.4 Å². The first kappa shape index (κ1) is 13.4. The number of thiazole rings is 1. The number of rotatable bonds is 5. The summed E-state index contributed by atoms with van der Waals surface area (Å²) in [6.07, 6.45) is 1.61. The Morgan fingerprint density at radius 3 is 3.11 bits per heavy atom. The van der Waals surface area contributed by atoms with Crippen LogP contribution in [0.1, 0.15) is 22.4 Å². The number of hydrogen-bond donors (Lipinski definition) is 2. The van der Waals surface area contributed by atoms with Crippen molar-refractivity contribution in [3.63, 3.8) is 0 Å². The monoisotopic (exact) mass is 278 g/mol. The second-order valence-corrected chi connectivity index (χ2v) is 4.52. The van der Waals surface area contributed by atoms with Crippen LogP contribution in [0.15, 0.2) is 23.7 Å². The van der Waals surface area contributed by atoms with E-state index in [9.17, 15) is 4.79 Å². The normalized spacial score (nSPS) is 10.2. The van der Waals surface area contributed by atoms with E-state index in [1.54, 1.807) is 23.7 Å². The minimum Gasteiger partial charge on any atom is -0.476 e. The van der Waals surface area contributed by atoms with Gasteiger partial charge in [0, 0.05) is 18.1 Å². The smallest absolute Gasteiger partial charge is 0.275 e. The SMILES string of the molecule is CCOc1ncccc1NC(=O)c1csc(CN)n1. The lowest BCUT2D eigenvalue weighted by atomic mass is 10.3. The van der Waals surface area contributed by atoms with Gasteiger partial charge < -0.3 is 15.8 Å². The van der Waals surface area contributed by atoms with Crippen molar-refractivity contribution in [2.75, 3.05) is 11.9 Å². The third-order valence-electron chi connectivity index (χ3n) is 2.26. The molecule has 2 rings (SSSR count). The number of carbonyl (C=O) groups excluding carboxylic acids is 1. The Labute approximate surface area is 114 Å². The molecule has 3 N–H and O–H groups in total. The van der Waals surface area contributed by atoms with Crippen LogP contribution in [0.5, 0.6) is 5.88 Å². The quantitative estimate of drug-likeness (QED) is 0.868. The van der Waals surface area contributed by atoms with Crippen molar-refractivity contribution < 1.29 is 9.53 Å². The Morgan fingerprint density at radius 2 is 2.42 bits per heavy atom. The first-order valence-electron chi connectivity index (χ1n) is 5.78.